The van der Waals surface area contributed by atoms with E-state index < -0.39 is 0 Å². The molecule has 4 heteroatoms. The number of hydrogen-bond acceptors (Lipinski definition) is 4. The minimum Gasteiger partial charge on any atom is -0.313 e. The van der Waals surface area contributed by atoms with Crippen LogP contribution in [0.25, 0.3) is 10.9 Å². The quantitative estimate of drug-likeness (QED) is 0.647. The molecule has 3 nitrogen and oxygen atoms in total. The number of aromatic nitrogens is 2. The van der Waals surface area contributed by atoms with E-state index in [-0.39, 0.29) is 0 Å². The first-order valence-electron chi connectivity index (χ1n) is 6.82. The van der Waals surface area contributed by atoms with E-state index in [4.69, 9.17) is 0 Å². The third-order valence-corrected chi connectivity index (χ3v) is 4.55. The Hall–Kier alpha value is -1.13. The number of nitrogens with zero attached hydrogens (tertiary/aromatic N) is 2. The first kappa shape index (κ1) is 14.3. The van der Waals surface area contributed by atoms with Crippen LogP contribution in [0.5, 0.6) is 0 Å². The van der Waals surface area contributed by atoms with E-state index in [0.29, 0.717) is 11.3 Å². The average Bonchev–Trinajstić information content (AvgIpc) is 2.45. The molecule has 1 aromatic carbocycles. The fourth-order valence-corrected chi connectivity index (χ4v) is 2.95. The van der Waals surface area contributed by atoms with Gasteiger partial charge in [0.2, 0.25) is 0 Å². The van der Waals surface area contributed by atoms with Gasteiger partial charge in [0.1, 0.15) is 11.4 Å². The SMILES string of the molecule is CCCNC(C)C(C)Sc1ncnc2ccccc12. The highest BCUT2D eigenvalue weighted by molar-refractivity contribution is 8.00. The smallest absolute Gasteiger partial charge is 0.117 e. The minimum absolute atomic E-state index is 0.471. The predicted molar refractivity (Wildman–Crippen MR) is 82.6 cm³/mol. The van der Waals surface area contributed by atoms with E-state index >= 15 is 0 Å². The number of nitrogens with one attached hydrogen (secondary N) is 1. The zero-order chi connectivity index (χ0) is 13.7. The fourth-order valence-electron chi connectivity index (χ4n) is 1.89. The Morgan fingerprint density at radius 3 is 2.79 bits per heavy atom. The van der Waals surface area contributed by atoms with Crippen molar-refractivity contribution in [3.05, 3.63) is 30.6 Å². The Kier molecular flexibility index (Phi) is 5.16. The van der Waals surface area contributed by atoms with Gasteiger partial charge in [-0.1, -0.05) is 32.0 Å². The van der Waals surface area contributed by atoms with Crippen molar-refractivity contribution in [1.82, 2.24) is 15.3 Å². The van der Waals surface area contributed by atoms with Crippen molar-refractivity contribution in [1.29, 1.82) is 0 Å². The summed E-state index contributed by atoms with van der Waals surface area (Å²) >= 11 is 1.82. The number of thioether (sulfide) groups is 1. The molecule has 0 radical (unpaired) electrons. The first-order chi connectivity index (χ1) is 9.22. The number of para-hydroxylation sites is 1. The van der Waals surface area contributed by atoms with Gasteiger partial charge in [0.25, 0.3) is 0 Å². The second-order valence-electron chi connectivity index (χ2n) is 4.76. The molecule has 2 unspecified atom stereocenters. The third kappa shape index (κ3) is 3.67. The Bertz CT molecular complexity index is 524. The van der Waals surface area contributed by atoms with Crippen molar-refractivity contribution in [3.8, 4) is 0 Å². The van der Waals surface area contributed by atoms with Crippen LogP contribution in [0.4, 0.5) is 0 Å². The van der Waals surface area contributed by atoms with Gasteiger partial charge in [-0.05, 0) is 26.0 Å². The Labute approximate surface area is 119 Å². The van der Waals surface area contributed by atoms with E-state index in [1.54, 1.807) is 6.33 Å². The molecule has 2 atom stereocenters. The lowest BCUT2D eigenvalue weighted by Crippen LogP contribution is -2.34. The highest BCUT2D eigenvalue weighted by Gasteiger charge is 2.15. The van der Waals surface area contributed by atoms with E-state index in [1.165, 1.54) is 0 Å². The molecular formula is C15H21N3S. The number of rotatable bonds is 6. The lowest BCUT2D eigenvalue weighted by atomic mass is 10.2. The molecule has 2 aromatic rings. The molecule has 0 spiro atoms. The minimum atomic E-state index is 0.471. The van der Waals surface area contributed by atoms with E-state index in [2.05, 4.69) is 42.1 Å². The highest BCUT2D eigenvalue weighted by Crippen LogP contribution is 2.28. The highest BCUT2D eigenvalue weighted by atomic mass is 32.2. The molecule has 0 amide bonds. The molecule has 0 saturated heterocycles. The van der Waals surface area contributed by atoms with Crippen molar-refractivity contribution in [2.45, 2.75) is 43.5 Å². The molecule has 0 fully saturated rings. The van der Waals surface area contributed by atoms with Crippen LogP contribution in [0.2, 0.25) is 0 Å². The molecule has 0 saturated carbocycles. The van der Waals surface area contributed by atoms with Crippen LogP contribution >= 0.6 is 11.8 Å². The molecule has 1 heterocycles. The Morgan fingerprint density at radius 2 is 2.00 bits per heavy atom. The number of fused-ring (bicyclic) bond motifs is 1. The van der Waals surface area contributed by atoms with Crippen LogP contribution in [-0.2, 0) is 0 Å². The molecular weight excluding hydrogens is 254 g/mol. The summed E-state index contributed by atoms with van der Waals surface area (Å²) in [5, 5.41) is 6.23. The maximum atomic E-state index is 4.43. The van der Waals surface area contributed by atoms with Crippen molar-refractivity contribution in [2.24, 2.45) is 0 Å². The second-order valence-corrected chi connectivity index (χ2v) is 6.13. The number of benzene rings is 1. The van der Waals surface area contributed by atoms with Gasteiger partial charge < -0.3 is 5.32 Å². The van der Waals surface area contributed by atoms with Crippen molar-refractivity contribution < 1.29 is 0 Å². The van der Waals surface area contributed by atoms with E-state index in [9.17, 15) is 0 Å². The first-order valence-corrected chi connectivity index (χ1v) is 7.70. The Morgan fingerprint density at radius 1 is 1.21 bits per heavy atom. The lowest BCUT2D eigenvalue weighted by Gasteiger charge is -2.20. The summed E-state index contributed by atoms with van der Waals surface area (Å²) < 4.78 is 0. The van der Waals surface area contributed by atoms with Crippen LogP contribution in [0.15, 0.2) is 35.6 Å². The van der Waals surface area contributed by atoms with Crippen LogP contribution < -0.4 is 5.32 Å². The van der Waals surface area contributed by atoms with Gasteiger partial charge >= 0.3 is 0 Å². The molecule has 19 heavy (non-hydrogen) atoms. The molecule has 0 aliphatic heterocycles. The second kappa shape index (κ2) is 6.87. The molecule has 2 rings (SSSR count). The zero-order valence-corrected chi connectivity index (χ0v) is 12.6. The molecule has 0 aliphatic carbocycles. The molecule has 1 aromatic heterocycles. The third-order valence-electron chi connectivity index (χ3n) is 3.22. The van der Waals surface area contributed by atoms with Gasteiger partial charge in [-0.2, -0.15) is 0 Å². The summed E-state index contributed by atoms with van der Waals surface area (Å²) in [4.78, 5) is 8.74. The van der Waals surface area contributed by atoms with Crippen molar-refractivity contribution >= 4 is 22.7 Å². The molecule has 1 N–H and O–H groups in total. The maximum Gasteiger partial charge on any atom is 0.117 e. The van der Waals surface area contributed by atoms with Gasteiger partial charge in [0, 0.05) is 16.7 Å². The van der Waals surface area contributed by atoms with Gasteiger partial charge in [-0.25, -0.2) is 9.97 Å². The van der Waals surface area contributed by atoms with Crippen LogP contribution in [-0.4, -0.2) is 27.8 Å². The van der Waals surface area contributed by atoms with Crippen molar-refractivity contribution in [2.75, 3.05) is 6.54 Å². The van der Waals surface area contributed by atoms with Crippen LogP contribution in [0.1, 0.15) is 27.2 Å². The monoisotopic (exact) mass is 275 g/mol. The van der Waals surface area contributed by atoms with Gasteiger partial charge in [0.15, 0.2) is 0 Å². The van der Waals surface area contributed by atoms with Gasteiger partial charge in [-0.3, -0.25) is 0 Å². The predicted octanol–water partition coefficient (Wildman–Crippen LogP) is 3.50. The van der Waals surface area contributed by atoms with Crippen LogP contribution in [0.3, 0.4) is 0 Å². The van der Waals surface area contributed by atoms with Crippen molar-refractivity contribution in [3.63, 3.8) is 0 Å². The largest absolute Gasteiger partial charge is 0.313 e. The topological polar surface area (TPSA) is 37.8 Å². The summed E-state index contributed by atoms with van der Waals surface area (Å²) in [7, 11) is 0. The normalized spacial score (nSPS) is 14.5. The summed E-state index contributed by atoms with van der Waals surface area (Å²) in [6.07, 6.45) is 2.82. The summed E-state index contributed by atoms with van der Waals surface area (Å²) in [6.45, 7) is 7.73. The standard InChI is InChI=1S/C15H21N3S/c1-4-9-16-11(2)12(3)19-15-13-7-5-6-8-14(13)17-10-18-15/h5-8,10-12,16H,4,9H2,1-3H3. The summed E-state index contributed by atoms with van der Waals surface area (Å²) in [5.41, 5.74) is 1.02. The van der Waals surface area contributed by atoms with E-state index in [1.807, 2.05) is 30.0 Å². The average molecular weight is 275 g/mol. The maximum absolute atomic E-state index is 4.43. The van der Waals surface area contributed by atoms with Crippen LogP contribution in [0, 0.1) is 0 Å². The fraction of sp³-hybridized carbons (Fsp3) is 0.467. The molecule has 0 bridgehead atoms. The molecule has 0 aliphatic rings. The van der Waals surface area contributed by atoms with E-state index in [0.717, 1.165) is 28.9 Å². The van der Waals surface area contributed by atoms with Gasteiger partial charge in [0.05, 0.1) is 5.52 Å². The molecule has 102 valence electrons. The summed E-state index contributed by atoms with van der Waals surface area (Å²) in [6, 6.07) is 8.65. The Balaban J connectivity index is 2.12. The lowest BCUT2D eigenvalue weighted by molar-refractivity contribution is 0.542. The number of hydrogen-bond donors (Lipinski definition) is 1. The summed E-state index contributed by atoms with van der Waals surface area (Å²) in [5.74, 6) is 0. The zero-order valence-electron chi connectivity index (χ0n) is 11.8. The van der Waals surface area contributed by atoms with Gasteiger partial charge in [-0.15, -0.1) is 11.8 Å².